The molecule has 0 aliphatic heterocycles. The van der Waals surface area contributed by atoms with Crippen LogP contribution in [0.3, 0.4) is 0 Å². The van der Waals surface area contributed by atoms with E-state index >= 15 is 0 Å². The fourth-order valence-electron chi connectivity index (χ4n) is 1.37. The van der Waals surface area contributed by atoms with Crippen molar-refractivity contribution in [2.45, 2.75) is 12.3 Å². The Hall–Kier alpha value is -1.32. The zero-order valence-electron chi connectivity index (χ0n) is 6.32. The highest BCUT2D eigenvalue weighted by Gasteiger charge is 2.57. The van der Waals surface area contributed by atoms with E-state index in [1.807, 2.05) is 17.5 Å². The summed E-state index contributed by atoms with van der Waals surface area (Å²) in [4.78, 5) is 1.16. The Labute approximate surface area is 74.7 Å². The van der Waals surface area contributed by atoms with E-state index in [1.165, 1.54) is 0 Å². The van der Waals surface area contributed by atoms with Crippen LogP contribution in [0.25, 0.3) is 0 Å². The largest absolute Gasteiger partial charge is 0.197 e. The van der Waals surface area contributed by atoms with E-state index < -0.39 is 5.41 Å². The normalized spacial score (nSPS) is 24.0. The van der Waals surface area contributed by atoms with Crippen LogP contribution in [0.15, 0.2) is 17.5 Å². The van der Waals surface area contributed by atoms with Crippen LogP contribution >= 0.6 is 11.3 Å². The van der Waals surface area contributed by atoms with Gasteiger partial charge >= 0.3 is 0 Å². The Bertz CT molecular complexity index is 352. The average molecular weight is 174 g/mol. The second kappa shape index (κ2) is 2.33. The SMILES string of the molecule is N#CC1(C#N)C[C@@H]1c1cccs1. The molecule has 3 heteroatoms. The number of rotatable bonds is 1. The van der Waals surface area contributed by atoms with Gasteiger partial charge in [-0.25, -0.2) is 0 Å². The fourth-order valence-corrected chi connectivity index (χ4v) is 2.29. The Kier molecular flexibility index (Phi) is 1.43. The molecule has 1 heterocycles. The van der Waals surface area contributed by atoms with E-state index in [9.17, 15) is 0 Å². The van der Waals surface area contributed by atoms with E-state index in [0.29, 0.717) is 6.42 Å². The van der Waals surface area contributed by atoms with Crippen molar-refractivity contribution in [2.24, 2.45) is 5.41 Å². The molecular formula is C9H6N2S. The topological polar surface area (TPSA) is 47.6 Å². The Morgan fingerprint density at radius 3 is 2.67 bits per heavy atom. The summed E-state index contributed by atoms with van der Waals surface area (Å²) in [6.45, 7) is 0. The molecule has 1 aliphatic carbocycles. The van der Waals surface area contributed by atoms with Crippen molar-refractivity contribution >= 4 is 11.3 Å². The van der Waals surface area contributed by atoms with Gasteiger partial charge in [-0.1, -0.05) is 6.07 Å². The molecule has 1 atom stereocenters. The molecule has 1 aromatic heterocycles. The molecule has 0 N–H and O–H groups in total. The second-order valence-electron chi connectivity index (χ2n) is 2.97. The predicted molar refractivity (Wildman–Crippen MR) is 45.3 cm³/mol. The maximum atomic E-state index is 8.76. The lowest BCUT2D eigenvalue weighted by Gasteiger charge is -1.92. The van der Waals surface area contributed by atoms with Gasteiger partial charge in [-0.05, 0) is 17.9 Å². The lowest BCUT2D eigenvalue weighted by atomic mass is 10.1. The number of nitriles is 2. The lowest BCUT2D eigenvalue weighted by molar-refractivity contribution is 0.849. The summed E-state index contributed by atoms with van der Waals surface area (Å²) in [6.07, 6.45) is 0.709. The van der Waals surface area contributed by atoms with Crippen molar-refractivity contribution < 1.29 is 0 Å². The summed E-state index contributed by atoms with van der Waals surface area (Å²) in [5.41, 5.74) is -0.704. The first-order valence-electron chi connectivity index (χ1n) is 3.68. The maximum Gasteiger partial charge on any atom is 0.152 e. The van der Waals surface area contributed by atoms with E-state index in [1.54, 1.807) is 11.3 Å². The van der Waals surface area contributed by atoms with E-state index in [2.05, 4.69) is 12.1 Å². The number of thiophene rings is 1. The molecule has 1 aliphatic rings. The van der Waals surface area contributed by atoms with Crippen LogP contribution in [0.1, 0.15) is 17.2 Å². The van der Waals surface area contributed by atoms with Crippen molar-refractivity contribution in [3.8, 4) is 12.1 Å². The average Bonchev–Trinajstić information content (AvgIpc) is 2.59. The van der Waals surface area contributed by atoms with Crippen LogP contribution in [0.4, 0.5) is 0 Å². The molecule has 0 unspecified atom stereocenters. The zero-order chi connectivity index (χ0) is 8.60. The van der Waals surface area contributed by atoms with Gasteiger partial charge in [-0.3, -0.25) is 0 Å². The standard InChI is InChI=1S/C9H6N2S/c10-5-9(6-11)4-7(9)8-2-1-3-12-8/h1-3,7H,4H2/t7-/m1/s1. The minimum atomic E-state index is -0.704. The molecule has 2 rings (SSSR count). The van der Waals surface area contributed by atoms with Gasteiger partial charge in [-0.2, -0.15) is 10.5 Å². The molecule has 0 aromatic carbocycles. The molecule has 2 nitrogen and oxygen atoms in total. The second-order valence-corrected chi connectivity index (χ2v) is 3.95. The molecule has 12 heavy (non-hydrogen) atoms. The minimum absolute atomic E-state index is 0.174. The Balaban J connectivity index is 2.26. The van der Waals surface area contributed by atoms with E-state index in [4.69, 9.17) is 10.5 Å². The summed E-state index contributed by atoms with van der Waals surface area (Å²) in [5.74, 6) is 0.174. The molecule has 1 saturated carbocycles. The molecule has 58 valence electrons. The van der Waals surface area contributed by atoms with Gasteiger partial charge in [0.25, 0.3) is 0 Å². The van der Waals surface area contributed by atoms with Gasteiger partial charge in [0.15, 0.2) is 5.41 Å². The summed E-state index contributed by atoms with van der Waals surface area (Å²) in [5, 5.41) is 19.5. The first-order valence-corrected chi connectivity index (χ1v) is 4.56. The molecule has 0 saturated heterocycles. The molecular weight excluding hydrogens is 168 g/mol. The Morgan fingerprint density at radius 2 is 2.25 bits per heavy atom. The highest BCUT2D eigenvalue weighted by atomic mass is 32.1. The van der Waals surface area contributed by atoms with E-state index in [0.717, 1.165) is 4.88 Å². The maximum absolute atomic E-state index is 8.76. The fraction of sp³-hybridized carbons (Fsp3) is 0.333. The monoisotopic (exact) mass is 174 g/mol. The number of hydrogen-bond donors (Lipinski definition) is 0. The summed E-state index contributed by atoms with van der Waals surface area (Å²) in [6, 6.07) is 8.12. The van der Waals surface area contributed by atoms with Gasteiger partial charge in [-0.15, -0.1) is 11.3 Å². The van der Waals surface area contributed by atoms with Crippen LogP contribution < -0.4 is 0 Å². The van der Waals surface area contributed by atoms with Crippen LogP contribution in [0.2, 0.25) is 0 Å². The third-order valence-corrected chi connectivity index (χ3v) is 3.23. The smallest absolute Gasteiger partial charge is 0.152 e. The van der Waals surface area contributed by atoms with Crippen molar-refractivity contribution in [2.75, 3.05) is 0 Å². The summed E-state index contributed by atoms with van der Waals surface area (Å²) in [7, 11) is 0. The van der Waals surface area contributed by atoms with Crippen LogP contribution in [0.5, 0.6) is 0 Å². The van der Waals surface area contributed by atoms with Crippen molar-refractivity contribution in [1.29, 1.82) is 10.5 Å². The van der Waals surface area contributed by atoms with Gasteiger partial charge in [0, 0.05) is 10.8 Å². The highest BCUT2D eigenvalue weighted by molar-refractivity contribution is 7.10. The Morgan fingerprint density at radius 1 is 1.50 bits per heavy atom. The van der Waals surface area contributed by atoms with Crippen LogP contribution in [-0.4, -0.2) is 0 Å². The van der Waals surface area contributed by atoms with Gasteiger partial charge < -0.3 is 0 Å². The summed E-state index contributed by atoms with van der Waals surface area (Å²) < 4.78 is 0. The first kappa shape index (κ1) is 7.34. The molecule has 1 aromatic rings. The third-order valence-electron chi connectivity index (χ3n) is 2.25. The summed E-state index contributed by atoms with van der Waals surface area (Å²) >= 11 is 1.62. The molecule has 0 radical (unpaired) electrons. The third kappa shape index (κ3) is 0.841. The van der Waals surface area contributed by atoms with E-state index in [-0.39, 0.29) is 5.92 Å². The minimum Gasteiger partial charge on any atom is -0.197 e. The van der Waals surface area contributed by atoms with Crippen LogP contribution in [0, 0.1) is 28.1 Å². The van der Waals surface area contributed by atoms with Gasteiger partial charge in [0.1, 0.15) is 0 Å². The zero-order valence-corrected chi connectivity index (χ0v) is 7.14. The quantitative estimate of drug-likeness (QED) is 0.655. The number of nitrogens with zero attached hydrogens (tertiary/aromatic N) is 2. The van der Waals surface area contributed by atoms with Crippen molar-refractivity contribution in [1.82, 2.24) is 0 Å². The van der Waals surface area contributed by atoms with Gasteiger partial charge in [0.05, 0.1) is 12.1 Å². The van der Waals surface area contributed by atoms with Crippen molar-refractivity contribution in [3.63, 3.8) is 0 Å². The predicted octanol–water partition coefficient (Wildman–Crippen LogP) is 2.27. The molecule has 0 amide bonds. The lowest BCUT2D eigenvalue weighted by Crippen LogP contribution is -1.93. The molecule has 0 spiro atoms. The highest BCUT2D eigenvalue weighted by Crippen LogP contribution is 2.59. The van der Waals surface area contributed by atoms with Crippen molar-refractivity contribution in [3.05, 3.63) is 22.4 Å². The van der Waals surface area contributed by atoms with Crippen LogP contribution in [-0.2, 0) is 0 Å². The first-order chi connectivity index (χ1) is 5.82. The molecule has 1 fully saturated rings. The molecule has 0 bridgehead atoms. The number of hydrogen-bond acceptors (Lipinski definition) is 3. The van der Waals surface area contributed by atoms with Gasteiger partial charge in [0.2, 0.25) is 0 Å².